The van der Waals surface area contributed by atoms with Gasteiger partial charge < -0.3 is 9.13 Å². The number of rotatable bonds is 5. The molecule has 0 radical (unpaired) electrons. The molecule has 234 valence electrons. The van der Waals surface area contributed by atoms with Crippen molar-refractivity contribution in [2.24, 2.45) is 0 Å². The van der Waals surface area contributed by atoms with E-state index in [0.717, 1.165) is 44.7 Å². The molecule has 50 heavy (non-hydrogen) atoms. The van der Waals surface area contributed by atoms with Crippen LogP contribution < -0.4 is 0 Å². The maximum absolute atomic E-state index is 4.39. The highest BCUT2D eigenvalue weighted by molar-refractivity contribution is 6.12. The number of hydrogen-bond donors (Lipinski definition) is 0. The number of benzene rings is 6. The monoisotopic (exact) mass is 638 g/mol. The molecule has 0 fully saturated rings. The average Bonchev–Trinajstić information content (AvgIpc) is 3.71. The summed E-state index contributed by atoms with van der Waals surface area (Å²) in [7, 11) is 0. The smallest absolute Gasteiger partial charge is 0.0541 e. The first-order valence-electron chi connectivity index (χ1n) is 16.9. The number of pyridine rings is 2. The molecule has 4 heteroatoms. The molecule has 0 aliphatic heterocycles. The second kappa shape index (κ2) is 11.4. The molecule has 4 aromatic heterocycles. The lowest BCUT2D eigenvalue weighted by Gasteiger charge is -2.13. The fourth-order valence-electron chi connectivity index (χ4n) is 7.58. The van der Waals surface area contributed by atoms with Gasteiger partial charge in [0.1, 0.15) is 0 Å². The number of hydrogen-bond acceptors (Lipinski definition) is 2. The molecule has 0 saturated carbocycles. The van der Waals surface area contributed by atoms with Gasteiger partial charge in [-0.05, 0) is 95.1 Å². The lowest BCUT2D eigenvalue weighted by molar-refractivity contribution is 1.17. The van der Waals surface area contributed by atoms with E-state index in [1.807, 2.05) is 36.9 Å². The number of aromatic nitrogens is 4. The van der Waals surface area contributed by atoms with E-state index >= 15 is 0 Å². The van der Waals surface area contributed by atoms with Crippen LogP contribution in [0.5, 0.6) is 0 Å². The Balaban J connectivity index is 1.15. The molecule has 0 bridgehead atoms. The van der Waals surface area contributed by atoms with Gasteiger partial charge in [0.15, 0.2) is 0 Å². The molecule has 4 heterocycles. The third-order valence-electron chi connectivity index (χ3n) is 9.88. The fourth-order valence-corrected chi connectivity index (χ4v) is 7.58. The Kier molecular flexibility index (Phi) is 6.46. The molecule has 0 aliphatic rings. The first-order chi connectivity index (χ1) is 24.8. The normalized spacial score (nSPS) is 11.6. The second-order valence-corrected chi connectivity index (χ2v) is 12.8. The molecule has 0 N–H and O–H groups in total. The van der Waals surface area contributed by atoms with Gasteiger partial charge in [-0.3, -0.25) is 9.97 Å². The first kappa shape index (κ1) is 28.3. The summed E-state index contributed by atoms with van der Waals surface area (Å²) in [6.45, 7) is 0. The van der Waals surface area contributed by atoms with Gasteiger partial charge in [-0.1, -0.05) is 84.9 Å². The van der Waals surface area contributed by atoms with Crippen LogP contribution in [0.2, 0.25) is 0 Å². The van der Waals surface area contributed by atoms with Gasteiger partial charge in [-0.15, -0.1) is 0 Å². The van der Waals surface area contributed by atoms with Gasteiger partial charge in [-0.25, -0.2) is 0 Å². The van der Waals surface area contributed by atoms with Crippen LogP contribution in [0.4, 0.5) is 0 Å². The summed E-state index contributed by atoms with van der Waals surface area (Å²) in [5.41, 5.74) is 13.8. The lowest BCUT2D eigenvalue weighted by atomic mass is 10.0. The predicted octanol–water partition coefficient (Wildman–Crippen LogP) is 11.7. The Bertz CT molecular complexity index is 2710. The highest BCUT2D eigenvalue weighted by Gasteiger charge is 2.16. The van der Waals surface area contributed by atoms with Crippen LogP contribution in [0.15, 0.2) is 183 Å². The van der Waals surface area contributed by atoms with Crippen LogP contribution in [-0.4, -0.2) is 19.1 Å². The summed E-state index contributed by atoms with van der Waals surface area (Å²) in [6, 6.07) is 56.9. The Labute approximate surface area is 289 Å². The largest absolute Gasteiger partial charge is 0.309 e. The van der Waals surface area contributed by atoms with Gasteiger partial charge in [0.05, 0.1) is 22.1 Å². The minimum absolute atomic E-state index is 1.10. The lowest BCUT2D eigenvalue weighted by Crippen LogP contribution is -1.96. The molecule has 0 amide bonds. The highest BCUT2D eigenvalue weighted by Crippen LogP contribution is 2.38. The molecular formula is C46H30N4. The van der Waals surface area contributed by atoms with E-state index in [2.05, 4.69) is 165 Å². The minimum atomic E-state index is 1.10. The zero-order valence-corrected chi connectivity index (χ0v) is 27.1. The molecule has 6 aromatic carbocycles. The summed E-state index contributed by atoms with van der Waals surface area (Å²) in [5.74, 6) is 0. The van der Waals surface area contributed by atoms with E-state index in [-0.39, 0.29) is 0 Å². The maximum atomic E-state index is 4.39. The highest BCUT2D eigenvalue weighted by atomic mass is 15.0. The SMILES string of the molecule is c1cncc(-c2ccc3c(c2)c2cc(-c4cccnc4)ccc2n3-c2cccc(-c3cccc(-n4c5ccccc5c5ccccc54)c3)c2)c1. The van der Waals surface area contributed by atoms with Gasteiger partial charge >= 0.3 is 0 Å². The van der Waals surface area contributed by atoms with Crippen LogP contribution in [0.25, 0.3) is 88.4 Å². The fraction of sp³-hybridized carbons (Fsp3) is 0. The van der Waals surface area contributed by atoms with Gasteiger partial charge in [0, 0.05) is 68.8 Å². The molecule has 0 aliphatic carbocycles. The summed E-state index contributed by atoms with van der Waals surface area (Å²) in [4.78, 5) is 8.77. The Hall–Kier alpha value is -6.78. The Morgan fingerprint density at radius 3 is 1.18 bits per heavy atom. The van der Waals surface area contributed by atoms with Crippen LogP contribution >= 0.6 is 0 Å². The van der Waals surface area contributed by atoms with Crippen molar-refractivity contribution >= 4 is 43.6 Å². The van der Waals surface area contributed by atoms with Crippen LogP contribution in [0.1, 0.15) is 0 Å². The van der Waals surface area contributed by atoms with Crippen molar-refractivity contribution in [1.82, 2.24) is 19.1 Å². The Morgan fingerprint density at radius 1 is 0.300 bits per heavy atom. The van der Waals surface area contributed by atoms with Gasteiger partial charge in [0.25, 0.3) is 0 Å². The van der Waals surface area contributed by atoms with Crippen molar-refractivity contribution in [2.45, 2.75) is 0 Å². The molecule has 10 rings (SSSR count). The quantitative estimate of drug-likeness (QED) is 0.188. The summed E-state index contributed by atoms with van der Waals surface area (Å²) < 4.78 is 4.77. The Morgan fingerprint density at radius 2 is 0.720 bits per heavy atom. The summed E-state index contributed by atoms with van der Waals surface area (Å²) in [5, 5.41) is 4.93. The third-order valence-corrected chi connectivity index (χ3v) is 9.88. The molecular weight excluding hydrogens is 609 g/mol. The first-order valence-corrected chi connectivity index (χ1v) is 16.9. The molecule has 0 saturated heterocycles. The van der Waals surface area contributed by atoms with Crippen molar-refractivity contribution in [3.63, 3.8) is 0 Å². The van der Waals surface area contributed by atoms with E-state index in [9.17, 15) is 0 Å². The van der Waals surface area contributed by atoms with E-state index < -0.39 is 0 Å². The number of nitrogens with zero attached hydrogens (tertiary/aromatic N) is 4. The summed E-state index contributed by atoms with van der Waals surface area (Å²) >= 11 is 0. The minimum Gasteiger partial charge on any atom is -0.309 e. The van der Waals surface area contributed by atoms with Gasteiger partial charge in [-0.2, -0.15) is 0 Å². The molecule has 0 unspecified atom stereocenters. The molecule has 0 spiro atoms. The zero-order valence-electron chi connectivity index (χ0n) is 27.1. The topological polar surface area (TPSA) is 35.6 Å². The molecule has 4 nitrogen and oxygen atoms in total. The van der Waals surface area contributed by atoms with Crippen LogP contribution in [0, 0.1) is 0 Å². The van der Waals surface area contributed by atoms with Crippen molar-refractivity contribution in [2.75, 3.05) is 0 Å². The van der Waals surface area contributed by atoms with Crippen molar-refractivity contribution in [3.8, 4) is 44.8 Å². The maximum Gasteiger partial charge on any atom is 0.0541 e. The van der Waals surface area contributed by atoms with Crippen LogP contribution in [-0.2, 0) is 0 Å². The van der Waals surface area contributed by atoms with E-state index in [1.54, 1.807) is 0 Å². The van der Waals surface area contributed by atoms with Crippen molar-refractivity contribution < 1.29 is 0 Å². The van der Waals surface area contributed by atoms with E-state index in [4.69, 9.17) is 0 Å². The summed E-state index contributed by atoms with van der Waals surface area (Å²) in [6.07, 6.45) is 7.50. The van der Waals surface area contributed by atoms with Crippen LogP contribution in [0.3, 0.4) is 0 Å². The average molecular weight is 639 g/mol. The van der Waals surface area contributed by atoms with Crippen molar-refractivity contribution in [1.29, 1.82) is 0 Å². The number of para-hydroxylation sites is 2. The number of fused-ring (bicyclic) bond motifs is 6. The molecule has 0 atom stereocenters. The zero-order chi connectivity index (χ0) is 33.0. The standard InChI is InChI=1S/C46H30N4/c1-3-17-43-39(15-1)40-16-2-4-18-44(40)49(43)37-13-5-9-31(25-37)32-10-6-14-38(26-32)50-45-21-19-33(35-11-7-23-47-29-35)27-41(45)42-28-34(20-22-46(42)50)36-12-8-24-48-30-36/h1-30H. The van der Waals surface area contributed by atoms with Gasteiger partial charge in [0.2, 0.25) is 0 Å². The third kappa shape index (κ3) is 4.54. The van der Waals surface area contributed by atoms with E-state index in [1.165, 1.54) is 43.7 Å². The van der Waals surface area contributed by atoms with Crippen molar-refractivity contribution in [3.05, 3.63) is 183 Å². The van der Waals surface area contributed by atoms with E-state index in [0.29, 0.717) is 0 Å². The second-order valence-electron chi connectivity index (χ2n) is 12.8. The predicted molar refractivity (Wildman–Crippen MR) is 207 cm³/mol. The molecule has 10 aromatic rings.